The minimum Gasteiger partial charge on any atom is -0.367 e. The van der Waals surface area contributed by atoms with Crippen LogP contribution in [0.15, 0.2) is 6.07 Å². The van der Waals surface area contributed by atoms with Gasteiger partial charge in [0, 0.05) is 18.5 Å². The second kappa shape index (κ2) is 6.08. The molecule has 1 aromatic rings. The number of hydrogen-bond donors (Lipinski definition) is 1. The van der Waals surface area contributed by atoms with Gasteiger partial charge in [-0.25, -0.2) is 9.97 Å². The summed E-state index contributed by atoms with van der Waals surface area (Å²) in [6, 6.07) is 2.34. The van der Waals surface area contributed by atoms with Gasteiger partial charge in [0.25, 0.3) is 0 Å². The Morgan fingerprint density at radius 1 is 1.42 bits per heavy atom. The molecule has 1 aliphatic carbocycles. The average Bonchev–Trinajstić information content (AvgIpc) is 2.26. The molecule has 4 heteroatoms. The lowest BCUT2D eigenvalue weighted by atomic mass is 9.75. The summed E-state index contributed by atoms with van der Waals surface area (Å²) < 4.78 is 0. The maximum absolute atomic E-state index is 6.07. The van der Waals surface area contributed by atoms with Gasteiger partial charge in [-0.05, 0) is 31.1 Å². The van der Waals surface area contributed by atoms with E-state index in [-0.39, 0.29) is 0 Å². The third-order valence-electron chi connectivity index (χ3n) is 3.77. The summed E-state index contributed by atoms with van der Waals surface area (Å²) >= 11 is 6.07. The van der Waals surface area contributed by atoms with Gasteiger partial charge >= 0.3 is 0 Å². The first-order valence-electron chi connectivity index (χ1n) is 7.28. The van der Waals surface area contributed by atoms with Crippen LogP contribution in [0.3, 0.4) is 0 Å². The van der Waals surface area contributed by atoms with Crippen molar-refractivity contribution in [3.05, 3.63) is 17.0 Å². The van der Waals surface area contributed by atoms with E-state index in [2.05, 4.69) is 36.1 Å². The molecule has 0 spiro atoms. The molecule has 106 valence electrons. The molecule has 1 aromatic heterocycles. The largest absolute Gasteiger partial charge is 0.367 e. The Labute approximate surface area is 121 Å². The van der Waals surface area contributed by atoms with Crippen molar-refractivity contribution in [1.29, 1.82) is 0 Å². The highest BCUT2D eigenvalue weighted by Gasteiger charge is 2.28. The Morgan fingerprint density at radius 2 is 2.21 bits per heavy atom. The smallest absolute Gasteiger partial charge is 0.134 e. The van der Waals surface area contributed by atoms with Gasteiger partial charge < -0.3 is 5.32 Å². The van der Waals surface area contributed by atoms with Gasteiger partial charge in [-0.15, -0.1) is 0 Å². The van der Waals surface area contributed by atoms with Crippen LogP contribution in [0.4, 0.5) is 5.82 Å². The number of nitrogens with zero attached hydrogens (tertiary/aromatic N) is 2. The Hall–Kier alpha value is -0.830. The second-order valence-electron chi connectivity index (χ2n) is 6.34. The summed E-state index contributed by atoms with van der Waals surface area (Å²) in [7, 11) is 0. The maximum Gasteiger partial charge on any atom is 0.134 e. The molecule has 1 saturated carbocycles. The standard InChI is InChI=1S/C15H24ClN3/c1-4-6-13-18-12(16)9-14(19-13)17-11-7-5-8-15(2,3)10-11/h9,11H,4-8,10H2,1-3H3,(H,17,18,19). The van der Waals surface area contributed by atoms with E-state index >= 15 is 0 Å². The normalized spacial score (nSPS) is 22.2. The minimum atomic E-state index is 0.430. The fourth-order valence-corrected chi connectivity index (χ4v) is 3.11. The molecular weight excluding hydrogens is 258 g/mol. The van der Waals surface area contributed by atoms with E-state index in [0.29, 0.717) is 16.6 Å². The average molecular weight is 282 g/mol. The Balaban J connectivity index is 2.06. The molecule has 0 radical (unpaired) electrons. The van der Waals surface area contributed by atoms with Crippen LogP contribution in [-0.2, 0) is 6.42 Å². The molecule has 1 N–H and O–H groups in total. The molecule has 2 rings (SSSR count). The molecule has 1 atom stereocenters. The molecular formula is C15H24ClN3. The van der Waals surface area contributed by atoms with Crippen LogP contribution < -0.4 is 5.32 Å². The topological polar surface area (TPSA) is 37.8 Å². The zero-order valence-electron chi connectivity index (χ0n) is 12.2. The molecule has 19 heavy (non-hydrogen) atoms. The molecule has 1 aliphatic rings. The molecule has 0 saturated heterocycles. The number of hydrogen-bond acceptors (Lipinski definition) is 3. The SMILES string of the molecule is CCCc1nc(Cl)cc(NC2CCCC(C)(C)C2)n1. The lowest BCUT2D eigenvalue weighted by Crippen LogP contribution is -2.32. The minimum absolute atomic E-state index is 0.430. The van der Waals surface area contributed by atoms with Crippen LogP contribution in [0.2, 0.25) is 5.15 Å². The molecule has 1 unspecified atom stereocenters. The highest BCUT2D eigenvalue weighted by Crippen LogP contribution is 2.36. The monoisotopic (exact) mass is 281 g/mol. The summed E-state index contributed by atoms with van der Waals surface area (Å²) in [6.45, 7) is 6.81. The number of rotatable bonds is 4. The van der Waals surface area contributed by atoms with Crippen molar-refractivity contribution in [1.82, 2.24) is 9.97 Å². The van der Waals surface area contributed by atoms with E-state index < -0.39 is 0 Å². The van der Waals surface area contributed by atoms with Crippen molar-refractivity contribution >= 4 is 17.4 Å². The first-order chi connectivity index (χ1) is 8.98. The molecule has 1 fully saturated rings. The highest BCUT2D eigenvalue weighted by atomic mass is 35.5. The highest BCUT2D eigenvalue weighted by molar-refractivity contribution is 6.29. The van der Waals surface area contributed by atoms with Crippen LogP contribution in [0, 0.1) is 5.41 Å². The van der Waals surface area contributed by atoms with E-state index in [1.54, 1.807) is 0 Å². The van der Waals surface area contributed by atoms with Crippen molar-refractivity contribution in [3.63, 3.8) is 0 Å². The first kappa shape index (κ1) is 14.6. The molecule has 0 aromatic carbocycles. The van der Waals surface area contributed by atoms with E-state index in [1.165, 1.54) is 25.7 Å². The maximum atomic E-state index is 6.07. The van der Waals surface area contributed by atoms with Gasteiger partial charge in [0.1, 0.15) is 16.8 Å². The third kappa shape index (κ3) is 4.34. The van der Waals surface area contributed by atoms with E-state index in [1.807, 2.05) is 6.07 Å². The van der Waals surface area contributed by atoms with Gasteiger partial charge in [-0.3, -0.25) is 0 Å². The molecule has 3 nitrogen and oxygen atoms in total. The predicted octanol–water partition coefficient (Wildman–Crippen LogP) is 4.46. The summed E-state index contributed by atoms with van der Waals surface area (Å²) in [5.74, 6) is 1.72. The zero-order valence-corrected chi connectivity index (χ0v) is 12.9. The quantitative estimate of drug-likeness (QED) is 0.828. The predicted molar refractivity (Wildman–Crippen MR) is 80.7 cm³/mol. The number of aryl methyl sites for hydroxylation is 1. The van der Waals surface area contributed by atoms with Gasteiger partial charge in [-0.2, -0.15) is 0 Å². The molecule has 0 amide bonds. The number of aromatic nitrogens is 2. The second-order valence-corrected chi connectivity index (χ2v) is 6.73. The first-order valence-corrected chi connectivity index (χ1v) is 7.66. The van der Waals surface area contributed by atoms with Gasteiger partial charge in [0.2, 0.25) is 0 Å². The van der Waals surface area contributed by atoms with E-state index in [9.17, 15) is 0 Å². The fraction of sp³-hybridized carbons (Fsp3) is 0.733. The van der Waals surface area contributed by atoms with Crippen LogP contribution in [0.5, 0.6) is 0 Å². The lowest BCUT2D eigenvalue weighted by Gasteiger charge is -2.35. The van der Waals surface area contributed by atoms with Crippen molar-refractivity contribution in [2.45, 2.75) is 65.3 Å². The summed E-state index contributed by atoms with van der Waals surface area (Å²) in [4.78, 5) is 8.82. The number of halogens is 1. The van der Waals surface area contributed by atoms with Crippen LogP contribution >= 0.6 is 11.6 Å². The van der Waals surface area contributed by atoms with Gasteiger partial charge in [-0.1, -0.05) is 38.8 Å². The molecule has 1 heterocycles. The third-order valence-corrected chi connectivity index (χ3v) is 3.97. The summed E-state index contributed by atoms with van der Waals surface area (Å²) in [6.07, 6.45) is 6.93. The van der Waals surface area contributed by atoms with Gasteiger partial charge in [0.15, 0.2) is 0 Å². The van der Waals surface area contributed by atoms with Crippen molar-refractivity contribution in [2.24, 2.45) is 5.41 Å². The van der Waals surface area contributed by atoms with Crippen molar-refractivity contribution in [3.8, 4) is 0 Å². The van der Waals surface area contributed by atoms with Crippen LogP contribution in [0.1, 0.15) is 58.7 Å². The Kier molecular flexibility index (Phi) is 4.67. The molecule has 0 bridgehead atoms. The van der Waals surface area contributed by atoms with Crippen LogP contribution in [0.25, 0.3) is 0 Å². The van der Waals surface area contributed by atoms with E-state index in [0.717, 1.165) is 24.5 Å². The van der Waals surface area contributed by atoms with E-state index in [4.69, 9.17) is 11.6 Å². The lowest BCUT2D eigenvalue weighted by molar-refractivity contribution is 0.229. The number of anilines is 1. The summed E-state index contributed by atoms with van der Waals surface area (Å²) in [5.41, 5.74) is 0.430. The Morgan fingerprint density at radius 3 is 2.89 bits per heavy atom. The van der Waals surface area contributed by atoms with Crippen molar-refractivity contribution < 1.29 is 0 Å². The zero-order chi connectivity index (χ0) is 13.9. The molecule has 0 aliphatic heterocycles. The number of nitrogens with one attached hydrogen (secondary N) is 1. The van der Waals surface area contributed by atoms with Crippen molar-refractivity contribution in [2.75, 3.05) is 5.32 Å². The Bertz CT molecular complexity index is 431. The summed E-state index contributed by atoms with van der Waals surface area (Å²) in [5, 5.41) is 4.08. The van der Waals surface area contributed by atoms with Gasteiger partial charge in [0.05, 0.1) is 0 Å². The fourth-order valence-electron chi connectivity index (χ4n) is 2.90. The van der Waals surface area contributed by atoms with Crippen LogP contribution in [-0.4, -0.2) is 16.0 Å².